The zero-order valence-corrected chi connectivity index (χ0v) is 15.7. The summed E-state index contributed by atoms with van der Waals surface area (Å²) in [4.78, 5) is 22.0. The summed E-state index contributed by atoms with van der Waals surface area (Å²) in [5, 5.41) is 6.09. The van der Waals surface area contributed by atoms with Crippen molar-refractivity contribution in [1.82, 2.24) is 20.5 Å². The molecule has 2 N–H and O–H groups in total. The van der Waals surface area contributed by atoms with Gasteiger partial charge in [-0.3, -0.25) is 9.79 Å². The fraction of sp³-hybridized carbons (Fsp3) is 0.611. The highest BCUT2D eigenvalue weighted by Crippen LogP contribution is 2.36. The number of halogens is 3. The van der Waals surface area contributed by atoms with Gasteiger partial charge in [0, 0.05) is 56.8 Å². The van der Waals surface area contributed by atoms with Gasteiger partial charge < -0.3 is 20.3 Å². The lowest BCUT2D eigenvalue weighted by molar-refractivity contribution is -0.154. The van der Waals surface area contributed by atoms with Crippen molar-refractivity contribution in [2.45, 2.75) is 32.0 Å². The number of pyridine rings is 1. The quantitative estimate of drug-likeness (QED) is 0.595. The minimum atomic E-state index is -4.42. The number of piperidine rings is 1. The summed E-state index contributed by atoms with van der Waals surface area (Å²) in [6.45, 7) is 1.02. The smallest absolute Gasteiger partial charge is 0.422 e. The molecule has 1 atom stereocenters. The minimum Gasteiger partial charge on any atom is -0.468 e. The first kappa shape index (κ1) is 20.2. The standard InChI is InChI=1S/C18H24F3N5O2/c1-22-16(26-7-3-5-17(11-26)8-14(27)25-10-17)24-9-13-4-2-6-23-15(13)28-12-18(19,20)21/h2,4,6H,3,5,7-12H2,1H3,(H,22,24)(H,25,27). The van der Waals surface area contributed by atoms with Gasteiger partial charge in [0.1, 0.15) is 0 Å². The molecule has 7 nitrogen and oxygen atoms in total. The van der Waals surface area contributed by atoms with E-state index in [1.807, 2.05) is 0 Å². The summed E-state index contributed by atoms with van der Waals surface area (Å²) in [6.07, 6.45) is -0.589. The highest BCUT2D eigenvalue weighted by atomic mass is 19.4. The Labute approximate surface area is 161 Å². The highest BCUT2D eigenvalue weighted by molar-refractivity contribution is 5.81. The molecule has 2 aliphatic heterocycles. The summed E-state index contributed by atoms with van der Waals surface area (Å²) < 4.78 is 42.1. The molecule has 0 radical (unpaired) electrons. The molecular weight excluding hydrogens is 375 g/mol. The number of carbonyl (C=O) groups is 1. The molecule has 1 amide bonds. The predicted molar refractivity (Wildman–Crippen MR) is 96.9 cm³/mol. The highest BCUT2D eigenvalue weighted by Gasteiger charge is 2.42. The Balaban J connectivity index is 1.62. The summed E-state index contributed by atoms with van der Waals surface area (Å²) in [5.74, 6) is 0.666. The topological polar surface area (TPSA) is 78.9 Å². The third kappa shape index (κ3) is 5.05. The molecule has 1 spiro atoms. The lowest BCUT2D eigenvalue weighted by Crippen LogP contribution is -2.51. The van der Waals surface area contributed by atoms with Crippen molar-refractivity contribution in [2.75, 3.05) is 33.3 Å². The van der Waals surface area contributed by atoms with Crippen LogP contribution >= 0.6 is 0 Å². The molecule has 0 saturated carbocycles. The Kier molecular flexibility index (Phi) is 5.95. The van der Waals surface area contributed by atoms with Gasteiger partial charge in [-0.25, -0.2) is 4.98 Å². The molecule has 3 heterocycles. The van der Waals surface area contributed by atoms with E-state index >= 15 is 0 Å². The fourth-order valence-electron chi connectivity index (χ4n) is 3.77. The van der Waals surface area contributed by atoms with E-state index in [1.165, 1.54) is 6.20 Å². The molecular formula is C18H24F3N5O2. The minimum absolute atomic E-state index is 0.0523. The maximum Gasteiger partial charge on any atom is 0.422 e. The van der Waals surface area contributed by atoms with E-state index in [0.29, 0.717) is 31.0 Å². The van der Waals surface area contributed by atoms with Crippen molar-refractivity contribution >= 4 is 11.9 Å². The number of ether oxygens (including phenoxy) is 1. The first-order valence-corrected chi connectivity index (χ1v) is 9.16. The van der Waals surface area contributed by atoms with Crippen LogP contribution in [0.25, 0.3) is 0 Å². The third-order valence-electron chi connectivity index (χ3n) is 5.03. The Hall–Kier alpha value is -2.52. The normalized spacial score (nSPS) is 23.1. The van der Waals surface area contributed by atoms with Crippen LogP contribution in [0.1, 0.15) is 24.8 Å². The second-order valence-electron chi connectivity index (χ2n) is 7.25. The van der Waals surface area contributed by atoms with Gasteiger partial charge in [0.05, 0.1) is 0 Å². The maximum absolute atomic E-state index is 12.4. The van der Waals surface area contributed by atoms with E-state index in [0.717, 1.165) is 19.4 Å². The van der Waals surface area contributed by atoms with Crippen LogP contribution in [0.5, 0.6) is 5.88 Å². The van der Waals surface area contributed by atoms with Crippen molar-refractivity contribution < 1.29 is 22.7 Å². The third-order valence-corrected chi connectivity index (χ3v) is 5.03. The molecule has 1 aromatic rings. The Morgan fingerprint density at radius 1 is 1.50 bits per heavy atom. The van der Waals surface area contributed by atoms with Crippen LogP contribution in [0, 0.1) is 5.41 Å². The Morgan fingerprint density at radius 2 is 2.32 bits per heavy atom. The van der Waals surface area contributed by atoms with E-state index in [4.69, 9.17) is 4.74 Å². The molecule has 2 fully saturated rings. The van der Waals surface area contributed by atoms with E-state index in [1.54, 1.807) is 19.2 Å². The Morgan fingerprint density at radius 3 is 3.00 bits per heavy atom. The van der Waals surface area contributed by atoms with Crippen LogP contribution in [0.2, 0.25) is 0 Å². The van der Waals surface area contributed by atoms with Crippen molar-refractivity contribution in [2.24, 2.45) is 10.4 Å². The number of rotatable bonds is 4. The molecule has 154 valence electrons. The number of hydrogen-bond acceptors (Lipinski definition) is 4. The summed E-state index contributed by atoms with van der Waals surface area (Å²) in [5.41, 5.74) is 0.430. The average molecular weight is 399 g/mol. The number of aromatic nitrogens is 1. The molecule has 0 aromatic carbocycles. The summed E-state index contributed by atoms with van der Waals surface area (Å²) >= 11 is 0. The molecule has 1 unspecified atom stereocenters. The fourth-order valence-corrected chi connectivity index (χ4v) is 3.77. The van der Waals surface area contributed by atoms with E-state index in [-0.39, 0.29) is 23.7 Å². The molecule has 0 bridgehead atoms. The largest absolute Gasteiger partial charge is 0.468 e. The molecule has 28 heavy (non-hydrogen) atoms. The van der Waals surface area contributed by atoms with Gasteiger partial charge >= 0.3 is 6.18 Å². The lowest BCUT2D eigenvalue weighted by atomic mass is 9.79. The van der Waals surface area contributed by atoms with E-state index in [2.05, 4.69) is 25.5 Å². The van der Waals surface area contributed by atoms with E-state index < -0.39 is 12.8 Å². The molecule has 2 aliphatic rings. The van der Waals surface area contributed by atoms with Gasteiger partial charge in [0.15, 0.2) is 12.6 Å². The van der Waals surface area contributed by atoms with Crippen LogP contribution in [0.3, 0.4) is 0 Å². The second-order valence-corrected chi connectivity index (χ2v) is 7.25. The van der Waals surface area contributed by atoms with Gasteiger partial charge in [0.2, 0.25) is 11.8 Å². The summed E-state index contributed by atoms with van der Waals surface area (Å²) in [7, 11) is 1.66. The molecule has 1 aromatic heterocycles. The van der Waals surface area contributed by atoms with Gasteiger partial charge in [-0.05, 0) is 18.9 Å². The number of nitrogens with one attached hydrogen (secondary N) is 2. The number of guanidine groups is 1. The zero-order chi connectivity index (χ0) is 20.2. The first-order valence-electron chi connectivity index (χ1n) is 9.16. The van der Waals surface area contributed by atoms with Crippen LogP contribution in [0.15, 0.2) is 23.3 Å². The van der Waals surface area contributed by atoms with Gasteiger partial charge in [-0.2, -0.15) is 13.2 Å². The molecule has 3 rings (SSSR count). The summed E-state index contributed by atoms with van der Waals surface area (Å²) in [6, 6.07) is 3.31. The number of likely N-dealkylation sites (tertiary alicyclic amines) is 1. The van der Waals surface area contributed by atoms with Crippen molar-refractivity contribution in [3.63, 3.8) is 0 Å². The number of aliphatic imine (C=N–C) groups is 1. The van der Waals surface area contributed by atoms with Crippen molar-refractivity contribution in [3.05, 3.63) is 23.9 Å². The van der Waals surface area contributed by atoms with Crippen LogP contribution < -0.4 is 15.4 Å². The van der Waals surface area contributed by atoms with Crippen molar-refractivity contribution in [3.8, 4) is 5.88 Å². The van der Waals surface area contributed by atoms with E-state index in [9.17, 15) is 18.0 Å². The van der Waals surface area contributed by atoms with Crippen molar-refractivity contribution in [1.29, 1.82) is 0 Å². The van der Waals surface area contributed by atoms with Gasteiger partial charge in [-0.1, -0.05) is 6.07 Å². The number of alkyl halides is 3. The van der Waals surface area contributed by atoms with Crippen LogP contribution in [0.4, 0.5) is 13.2 Å². The number of amides is 1. The van der Waals surface area contributed by atoms with Crippen LogP contribution in [-0.2, 0) is 11.3 Å². The number of carbonyl (C=O) groups excluding carboxylic acids is 1. The SMILES string of the molecule is CN=C(NCc1cccnc1OCC(F)(F)F)N1CCCC2(CNC(=O)C2)C1. The lowest BCUT2D eigenvalue weighted by Gasteiger charge is -2.40. The second kappa shape index (κ2) is 8.24. The first-order chi connectivity index (χ1) is 13.3. The average Bonchev–Trinajstić information content (AvgIpc) is 3.00. The molecule has 2 saturated heterocycles. The maximum atomic E-state index is 12.4. The monoisotopic (exact) mass is 399 g/mol. The van der Waals surface area contributed by atoms with Gasteiger partial charge in [0.25, 0.3) is 0 Å². The molecule has 0 aliphatic carbocycles. The molecule has 10 heteroatoms. The van der Waals surface area contributed by atoms with Gasteiger partial charge in [-0.15, -0.1) is 0 Å². The Bertz CT molecular complexity index is 740. The zero-order valence-electron chi connectivity index (χ0n) is 15.7. The number of nitrogens with zero attached hydrogens (tertiary/aromatic N) is 3. The van der Waals surface area contributed by atoms with Crippen LogP contribution in [-0.4, -0.2) is 61.2 Å². The number of hydrogen-bond donors (Lipinski definition) is 2. The predicted octanol–water partition coefficient (Wildman–Crippen LogP) is 1.70.